The molecule has 3 nitrogen and oxygen atoms in total. The van der Waals surface area contributed by atoms with Crippen LogP contribution in [0.25, 0.3) is 0 Å². The molecule has 26 heavy (non-hydrogen) atoms. The molecule has 4 heteroatoms. The number of hydrogen-bond acceptors (Lipinski definition) is 2. The van der Waals surface area contributed by atoms with Crippen LogP contribution in [0.1, 0.15) is 58.2 Å². The Morgan fingerprint density at radius 3 is 2.15 bits per heavy atom. The van der Waals surface area contributed by atoms with Crippen molar-refractivity contribution < 1.29 is 13.9 Å². The Balaban J connectivity index is 2.00. The minimum Gasteiger partial charge on any atom is -0.481 e. The van der Waals surface area contributed by atoms with E-state index in [1.165, 1.54) is 29.8 Å². The molecule has 0 heterocycles. The van der Waals surface area contributed by atoms with Gasteiger partial charge in [-0.1, -0.05) is 52.0 Å². The van der Waals surface area contributed by atoms with E-state index in [4.69, 9.17) is 4.74 Å². The fraction of sp³-hybridized carbons (Fsp3) is 0.409. The van der Waals surface area contributed by atoms with Crippen LogP contribution >= 0.6 is 0 Å². The van der Waals surface area contributed by atoms with Gasteiger partial charge in [-0.2, -0.15) is 0 Å². The Labute approximate surface area is 155 Å². The molecule has 2 atom stereocenters. The van der Waals surface area contributed by atoms with Crippen LogP contribution in [-0.2, 0) is 10.2 Å². The largest absolute Gasteiger partial charge is 0.481 e. The van der Waals surface area contributed by atoms with E-state index in [0.717, 1.165) is 5.56 Å². The summed E-state index contributed by atoms with van der Waals surface area (Å²) in [6, 6.07) is 13.9. The molecule has 0 aliphatic heterocycles. The first-order chi connectivity index (χ1) is 12.2. The van der Waals surface area contributed by atoms with Gasteiger partial charge in [0.05, 0.1) is 6.04 Å². The van der Waals surface area contributed by atoms with Gasteiger partial charge in [0.25, 0.3) is 5.91 Å². The normalized spacial score (nSPS) is 13.8. The van der Waals surface area contributed by atoms with Crippen molar-refractivity contribution in [3.8, 4) is 5.75 Å². The highest BCUT2D eigenvalue weighted by atomic mass is 19.1. The average Bonchev–Trinajstić information content (AvgIpc) is 2.60. The summed E-state index contributed by atoms with van der Waals surface area (Å²) in [6.45, 7) is 10.4. The molecule has 0 saturated heterocycles. The van der Waals surface area contributed by atoms with Crippen molar-refractivity contribution in [2.24, 2.45) is 0 Å². The van der Waals surface area contributed by atoms with Crippen molar-refractivity contribution in [3.63, 3.8) is 0 Å². The lowest BCUT2D eigenvalue weighted by Crippen LogP contribution is -2.39. The number of amides is 1. The molecule has 0 fully saturated rings. The molecule has 1 amide bonds. The molecule has 140 valence electrons. The van der Waals surface area contributed by atoms with E-state index in [9.17, 15) is 9.18 Å². The standard InChI is InChI=1S/C22H28FNO2/c1-6-20(26-19-13-11-18(23)12-14-19)21(25)24-15(2)16-7-9-17(10-8-16)22(3,4)5/h7-15,20H,6H2,1-5H3,(H,24,25)/t15-,20-/m0/s1. The molecule has 0 aromatic heterocycles. The topological polar surface area (TPSA) is 38.3 Å². The van der Waals surface area contributed by atoms with Crippen molar-refractivity contribution in [3.05, 3.63) is 65.5 Å². The first kappa shape index (κ1) is 20.0. The first-order valence-corrected chi connectivity index (χ1v) is 9.03. The Morgan fingerprint density at radius 1 is 1.08 bits per heavy atom. The summed E-state index contributed by atoms with van der Waals surface area (Å²) in [6.07, 6.45) is -0.0874. The number of carbonyl (C=O) groups is 1. The quantitative estimate of drug-likeness (QED) is 0.776. The van der Waals surface area contributed by atoms with Crippen LogP contribution in [0.3, 0.4) is 0 Å². The Hall–Kier alpha value is -2.36. The molecule has 2 aromatic rings. The van der Waals surface area contributed by atoms with Crippen molar-refractivity contribution in [2.45, 2.75) is 58.6 Å². The maximum Gasteiger partial charge on any atom is 0.261 e. The van der Waals surface area contributed by atoms with E-state index in [2.05, 4.69) is 38.2 Å². The molecule has 0 bridgehead atoms. The monoisotopic (exact) mass is 357 g/mol. The van der Waals surface area contributed by atoms with Crippen molar-refractivity contribution in [1.82, 2.24) is 5.32 Å². The minimum absolute atomic E-state index is 0.0985. The third-order valence-electron chi connectivity index (χ3n) is 4.39. The summed E-state index contributed by atoms with van der Waals surface area (Å²) in [5.74, 6) is -0.0259. The van der Waals surface area contributed by atoms with E-state index < -0.39 is 6.10 Å². The smallest absolute Gasteiger partial charge is 0.261 e. The number of hydrogen-bond donors (Lipinski definition) is 1. The molecule has 0 aliphatic carbocycles. The summed E-state index contributed by atoms with van der Waals surface area (Å²) >= 11 is 0. The lowest BCUT2D eigenvalue weighted by atomic mass is 9.86. The highest BCUT2D eigenvalue weighted by Gasteiger charge is 2.21. The van der Waals surface area contributed by atoms with Gasteiger partial charge in [-0.25, -0.2) is 4.39 Å². The predicted molar refractivity (Wildman–Crippen MR) is 103 cm³/mol. The molecular formula is C22H28FNO2. The molecule has 2 aromatic carbocycles. The van der Waals surface area contributed by atoms with Crippen LogP contribution in [0.4, 0.5) is 4.39 Å². The van der Waals surface area contributed by atoms with E-state index in [1.807, 2.05) is 26.0 Å². The van der Waals surface area contributed by atoms with Crippen molar-refractivity contribution in [1.29, 1.82) is 0 Å². The fourth-order valence-electron chi connectivity index (χ4n) is 2.66. The number of ether oxygens (including phenoxy) is 1. The van der Waals surface area contributed by atoms with E-state index in [1.54, 1.807) is 0 Å². The highest BCUT2D eigenvalue weighted by molar-refractivity contribution is 5.81. The number of halogens is 1. The second kappa shape index (κ2) is 8.35. The number of benzene rings is 2. The van der Waals surface area contributed by atoms with Crippen LogP contribution in [0.15, 0.2) is 48.5 Å². The molecule has 0 spiro atoms. The lowest BCUT2D eigenvalue weighted by molar-refractivity contribution is -0.128. The fourth-order valence-corrected chi connectivity index (χ4v) is 2.66. The highest BCUT2D eigenvalue weighted by Crippen LogP contribution is 2.24. The van der Waals surface area contributed by atoms with Crippen LogP contribution < -0.4 is 10.1 Å². The Morgan fingerprint density at radius 2 is 1.65 bits per heavy atom. The molecular weight excluding hydrogens is 329 g/mol. The zero-order chi connectivity index (χ0) is 19.3. The Kier molecular flexibility index (Phi) is 6.41. The van der Waals surface area contributed by atoms with Gasteiger partial charge in [0.15, 0.2) is 6.10 Å². The van der Waals surface area contributed by atoms with Gasteiger partial charge in [-0.3, -0.25) is 4.79 Å². The molecule has 0 unspecified atom stereocenters. The van der Waals surface area contributed by atoms with Crippen LogP contribution in [0, 0.1) is 5.82 Å². The summed E-state index contributed by atoms with van der Waals surface area (Å²) in [5.41, 5.74) is 2.40. The van der Waals surface area contributed by atoms with Gasteiger partial charge in [0.2, 0.25) is 0 Å². The molecule has 2 rings (SSSR count). The second-order valence-electron chi connectivity index (χ2n) is 7.57. The zero-order valence-electron chi connectivity index (χ0n) is 16.2. The van der Waals surface area contributed by atoms with E-state index >= 15 is 0 Å². The van der Waals surface area contributed by atoms with Crippen molar-refractivity contribution in [2.75, 3.05) is 0 Å². The predicted octanol–water partition coefficient (Wildman–Crippen LogP) is 5.16. The second-order valence-corrected chi connectivity index (χ2v) is 7.57. The van der Waals surface area contributed by atoms with Gasteiger partial charge in [-0.05, 0) is 54.2 Å². The number of carbonyl (C=O) groups excluding carboxylic acids is 1. The maximum atomic E-state index is 13.0. The molecule has 0 aliphatic rings. The molecule has 0 radical (unpaired) electrons. The lowest BCUT2D eigenvalue weighted by Gasteiger charge is -2.22. The molecule has 0 saturated carbocycles. The van der Waals surface area contributed by atoms with E-state index in [-0.39, 0.29) is 23.2 Å². The Bertz CT molecular complexity index is 717. The SMILES string of the molecule is CC[C@H](Oc1ccc(F)cc1)C(=O)N[C@@H](C)c1ccc(C(C)(C)C)cc1. The maximum absolute atomic E-state index is 13.0. The van der Waals surface area contributed by atoms with Gasteiger partial charge < -0.3 is 10.1 Å². The molecule has 1 N–H and O–H groups in total. The summed E-state index contributed by atoms with van der Waals surface area (Å²) in [4.78, 5) is 12.5. The summed E-state index contributed by atoms with van der Waals surface area (Å²) in [5, 5.41) is 3.00. The van der Waals surface area contributed by atoms with Gasteiger partial charge in [0, 0.05) is 0 Å². The van der Waals surface area contributed by atoms with Gasteiger partial charge >= 0.3 is 0 Å². The van der Waals surface area contributed by atoms with Crippen LogP contribution in [0.5, 0.6) is 5.75 Å². The zero-order valence-corrected chi connectivity index (χ0v) is 16.2. The van der Waals surface area contributed by atoms with Gasteiger partial charge in [0.1, 0.15) is 11.6 Å². The first-order valence-electron chi connectivity index (χ1n) is 9.03. The minimum atomic E-state index is -0.614. The third kappa shape index (κ3) is 5.32. The average molecular weight is 357 g/mol. The third-order valence-corrected chi connectivity index (χ3v) is 4.39. The van der Waals surface area contributed by atoms with E-state index in [0.29, 0.717) is 12.2 Å². The van der Waals surface area contributed by atoms with Crippen LogP contribution in [-0.4, -0.2) is 12.0 Å². The number of nitrogens with one attached hydrogen (secondary N) is 1. The summed E-state index contributed by atoms with van der Waals surface area (Å²) in [7, 11) is 0. The van der Waals surface area contributed by atoms with Crippen LogP contribution in [0.2, 0.25) is 0 Å². The van der Waals surface area contributed by atoms with Gasteiger partial charge in [-0.15, -0.1) is 0 Å². The summed E-state index contributed by atoms with van der Waals surface area (Å²) < 4.78 is 18.7. The van der Waals surface area contributed by atoms with Crippen molar-refractivity contribution >= 4 is 5.91 Å². The number of rotatable bonds is 6.